The fraction of sp³-hybridized carbons (Fsp3) is 0.368. The van der Waals surface area contributed by atoms with Crippen LogP contribution in [0.5, 0.6) is 0 Å². The summed E-state index contributed by atoms with van der Waals surface area (Å²) in [4.78, 5) is 29.2. The Balaban J connectivity index is 1.32. The Hall–Kier alpha value is -2.41. The van der Waals surface area contributed by atoms with E-state index in [1.165, 1.54) is 11.2 Å². The predicted molar refractivity (Wildman–Crippen MR) is 101 cm³/mol. The Morgan fingerprint density at radius 3 is 2.42 bits per heavy atom. The van der Waals surface area contributed by atoms with E-state index in [9.17, 15) is 9.59 Å². The van der Waals surface area contributed by atoms with Crippen molar-refractivity contribution < 1.29 is 14.0 Å². The van der Waals surface area contributed by atoms with Crippen LogP contribution in [-0.4, -0.2) is 60.2 Å². The van der Waals surface area contributed by atoms with E-state index in [0.29, 0.717) is 38.5 Å². The van der Waals surface area contributed by atoms with Gasteiger partial charge in [-0.05, 0) is 36.4 Å². The Labute approximate surface area is 157 Å². The first-order valence-corrected chi connectivity index (χ1v) is 9.76. The first-order chi connectivity index (χ1) is 12.7. The lowest BCUT2D eigenvalue weighted by Crippen LogP contribution is -2.53. The molecule has 7 heteroatoms. The first kappa shape index (κ1) is 18.4. The van der Waals surface area contributed by atoms with Crippen LogP contribution >= 0.6 is 11.8 Å². The third-order valence-corrected chi connectivity index (χ3v) is 5.29. The molecule has 1 aromatic heterocycles. The van der Waals surface area contributed by atoms with E-state index in [1.807, 2.05) is 18.2 Å². The summed E-state index contributed by atoms with van der Waals surface area (Å²) < 4.78 is 5.14. The van der Waals surface area contributed by atoms with Gasteiger partial charge in [0.15, 0.2) is 5.76 Å². The highest BCUT2D eigenvalue weighted by atomic mass is 32.2. The van der Waals surface area contributed by atoms with E-state index in [-0.39, 0.29) is 11.9 Å². The van der Waals surface area contributed by atoms with Crippen LogP contribution in [0.1, 0.15) is 17.0 Å². The monoisotopic (exact) mass is 373 g/mol. The molecule has 2 aromatic rings. The van der Waals surface area contributed by atoms with E-state index in [2.05, 4.69) is 17.4 Å². The molecule has 0 spiro atoms. The average molecular weight is 373 g/mol. The van der Waals surface area contributed by atoms with Gasteiger partial charge in [-0.2, -0.15) is 0 Å². The van der Waals surface area contributed by atoms with Crippen LogP contribution in [0, 0.1) is 0 Å². The lowest BCUT2D eigenvalue weighted by molar-refractivity contribution is 0.0634. The molecule has 1 N–H and O–H groups in total. The fourth-order valence-electron chi connectivity index (χ4n) is 2.75. The van der Waals surface area contributed by atoms with Crippen LogP contribution in [0.15, 0.2) is 58.0 Å². The highest BCUT2D eigenvalue weighted by Crippen LogP contribution is 2.17. The number of hydrogen-bond donors (Lipinski definition) is 1. The van der Waals surface area contributed by atoms with Gasteiger partial charge in [0.2, 0.25) is 0 Å². The van der Waals surface area contributed by atoms with Gasteiger partial charge in [0, 0.05) is 37.6 Å². The van der Waals surface area contributed by atoms with Crippen LogP contribution in [0.3, 0.4) is 0 Å². The van der Waals surface area contributed by atoms with Gasteiger partial charge < -0.3 is 19.5 Å². The number of amides is 3. The van der Waals surface area contributed by atoms with E-state index < -0.39 is 0 Å². The van der Waals surface area contributed by atoms with Gasteiger partial charge >= 0.3 is 6.03 Å². The van der Waals surface area contributed by atoms with Crippen molar-refractivity contribution in [3.8, 4) is 0 Å². The molecular formula is C19H23N3O3S. The maximum atomic E-state index is 12.2. The van der Waals surface area contributed by atoms with Gasteiger partial charge in [-0.25, -0.2) is 4.79 Å². The molecule has 6 nitrogen and oxygen atoms in total. The Morgan fingerprint density at radius 1 is 1.00 bits per heavy atom. The molecule has 0 saturated carbocycles. The van der Waals surface area contributed by atoms with Crippen LogP contribution in [0.25, 0.3) is 0 Å². The molecule has 1 aliphatic rings. The number of benzene rings is 1. The maximum Gasteiger partial charge on any atom is 0.317 e. The van der Waals surface area contributed by atoms with E-state index >= 15 is 0 Å². The van der Waals surface area contributed by atoms with E-state index in [0.717, 1.165) is 12.2 Å². The molecule has 3 rings (SSSR count). The molecule has 138 valence electrons. The summed E-state index contributed by atoms with van der Waals surface area (Å²) in [5.41, 5.74) is 0. The number of nitrogens with zero attached hydrogens (tertiary/aromatic N) is 2. The third-order valence-electron chi connectivity index (χ3n) is 4.20. The van der Waals surface area contributed by atoms with Gasteiger partial charge in [-0.15, -0.1) is 11.8 Å². The molecule has 2 heterocycles. The summed E-state index contributed by atoms with van der Waals surface area (Å²) in [5.74, 6) is 1.20. The van der Waals surface area contributed by atoms with Crippen LogP contribution in [0.2, 0.25) is 0 Å². The summed E-state index contributed by atoms with van der Waals surface area (Å²) >= 11 is 1.79. The molecular weight excluding hydrogens is 350 g/mol. The average Bonchev–Trinajstić information content (AvgIpc) is 3.23. The molecule has 1 fully saturated rings. The molecule has 26 heavy (non-hydrogen) atoms. The first-order valence-electron chi connectivity index (χ1n) is 8.77. The minimum Gasteiger partial charge on any atom is -0.459 e. The summed E-state index contributed by atoms with van der Waals surface area (Å²) in [6.45, 7) is 2.78. The molecule has 0 bridgehead atoms. The molecule has 0 aliphatic carbocycles. The standard InChI is InChI=1S/C19H23N3O3S/c23-18(17-8-4-14-25-17)21-10-12-22(13-11-21)19(24)20-9-5-15-26-16-6-2-1-3-7-16/h1-4,6-8,14H,5,9-13,15H2,(H,20,24). The van der Waals surface area contributed by atoms with E-state index in [1.54, 1.807) is 33.7 Å². The zero-order valence-electron chi connectivity index (χ0n) is 14.6. The van der Waals surface area contributed by atoms with Crippen LogP contribution in [-0.2, 0) is 0 Å². The Kier molecular flexibility index (Phi) is 6.60. The summed E-state index contributed by atoms with van der Waals surface area (Å²) in [6.07, 6.45) is 2.41. The largest absolute Gasteiger partial charge is 0.459 e. The normalized spacial score (nSPS) is 14.3. The van der Waals surface area contributed by atoms with Crippen LogP contribution < -0.4 is 5.32 Å². The van der Waals surface area contributed by atoms with Crippen molar-refractivity contribution in [2.75, 3.05) is 38.5 Å². The summed E-state index contributed by atoms with van der Waals surface area (Å²) in [6, 6.07) is 13.5. The number of hydrogen-bond acceptors (Lipinski definition) is 4. The molecule has 1 aromatic carbocycles. The number of furan rings is 1. The van der Waals surface area contributed by atoms with Gasteiger partial charge in [0.1, 0.15) is 0 Å². The lowest BCUT2D eigenvalue weighted by Gasteiger charge is -2.34. The summed E-state index contributed by atoms with van der Waals surface area (Å²) in [7, 11) is 0. The summed E-state index contributed by atoms with van der Waals surface area (Å²) in [5, 5.41) is 2.96. The SMILES string of the molecule is O=C(NCCCSc1ccccc1)N1CCN(C(=O)c2ccco2)CC1. The van der Waals surface area contributed by atoms with Crippen molar-refractivity contribution in [1.29, 1.82) is 0 Å². The van der Waals surface area contributed by atoms with Crippen molar-refractivity contribution in [2.45, 2.75) is 11.3 Å². The molecule has 0 atom stereocenters. The van der Waals surface area contributed by atoms with Gasteiger partial charge in [0.05, 0.1) is 6.26 Å². The second kappa shape index (κ2) is 9.33. The number of nitrogens with one attached hydrogen (secondary N) is 1. The number of rotatable bonds is 6. The van der Waals surface area contributed by atoms with Crippen molar-refractivity contribution in [1.82, 2.24) is 15.1 Å². The molecule has 0 unspecified atom stereocenters. The number of thioether (sulfide) groups is 1. The number of carbonyl (C=O) groups is 2. The minimum atomic E-state index is -0.118. The Bertz CT molecular complexity index is 698. The van der Waals surface area contributed by atoms with Crippen LogP contribution in [0.4, 0.5) is 4.79 Å². The highest BCUT2D eigenvalue weighted by Gasteiger charge is 2.25. The topological polar surface area (TPSA) is 65.8 Å². The van der Waals surface area contributed by atoms with Gasteiger partial charge in [-0.1, -0.05) is 18.2 Å². The zero-order valence-corrected chi connectivity index (χ0v) is 15.4. The van der Waals surface area contributed by atoms with E-state index in [4.69, 9.17) is 4.42 Å². The highest BCUT2D eigenvalue weighted by molar-refractivity contribution is 7.99. The molecule has 0 radical (unpaired) electrons. The van der Waals surface area contributed by atoms with Gasteiger partial charge in [-0.3, -0.25) is 4.79 Å². The molecule has 1 aliphatic heterocycles. The van der Waals surface area contributed by atoms with Gasteiger partial charge in [0.25, 0.3) is 5.91 Å². The predicted octanol–water partition coefficient (Wildman–Crippen LogP) is 2.93. The minimum absolute atomic E-state index is 0.0557. The maximum absolute atomic E-state index is 12.2. The molecule has 1 saturated heterocycles. The zero-order chi connectivity index (χ0) is 18.2. The lowest BCUT2D eigenvalue weighted by atomic mass is 10.3. The number of carbonyl (C=O) groups excluding carboxylic acids is 2. The fourth-order valence-corrected chi connectivity index (χ4v) is 3.63. The number of piperazine rings is 1. The number of urea groups is 1. The van der Waals surface area contributed by atoms with Crippen molar-refractivity contribution >= 4 is 23.7 Å². The third kappa shape index (κ3) is 5.05. The smallest absolute Gasteiger partial charge is 0.317 e. The Morgan fingerprint density at radius 2 is 1.73 bits per heavy atom. The van der Waals surface area contributed by atoms with Crippen molar-refractivity contribution in [3.05, 3.63) is 54.5 Å². The van der Waals surface area contributed by atoms with Crippen molar-refractivity contribution in [2.24, 2.45) is 0 Å². The molecule has 3 amide bonds. The second-order valence-electron chi connectivity index (χ2n) is 6.00. The van der Waals surface area contributed by atoms with Crippen molar-refractivity contribution in [3.63, 3.8) is 0 Å². The quantitative estimate of drug-likeness (QED) is 0.625. The second-order valence-corrected chi connectivity index (χ2v) is 7.17.